The van der Waals surface area contributed by atoms with Gasteiger partial charge in [0.05, 0.1) is 6.20 Å². The van der Waals surface area contributed by atoms with Crippen molar-refractivity contribution in [1.82, 2.24) is 5.16 Å². The van der Waals surface area contributed by atoms with Crippen molar-refractivity contribution in [1.29, 1.82) is 0 Å². The third-order valence-corrected chi connectivity index (χ3v) is 4.68. The Morgan fingerprint density at radius 3 is 3.00 bits per heavy atom. The normalized spacial score (nSPS) is 26.8. The highest BCUT2D eigenvalue weighted by atomic mass is 16.5. The maximum atomic E-state index is 5.49. The lowest BCUT2D eigenvalue weighted by Crippen LogP contribution is -2.42. The van der Waals surface area contributed by atoms with Crippen LogP contribution in [0.3, 0.4) is 0 Å². The molecule has 1 aromatic heterocycles. The highest BCUT2D eigenvalue weighted by Gasteiger charge is 2.49. The second kappa shape index (κ2) is 3.41. The summed E-state index contributed by atoms with van der Waals surface area (Å²) in [6, 6.07) is 8.69. The van der Waals surface area contributed by atoms with Gasteiger partial charge in [0.15, 0.2) is 0 Å². The van der Waals surface area contributed by atoms with Gasteiger partial charge in [-0.25, -0.2) is 0 Å². The lowest BCUT2D eigenvalue weighted by atomic mass is 9.61. The van der Waals surface area contributed by atoms with E-state index in [0.29, 0.717) is 0 Å². The average molecular weight is 254 g/mol. The van der Waals surface area contributed by atoms with E-state index in [1.54, 1.807) is 0 Å². The Bertz CT molecular complexity index is 644. The molecule has 0 radical (unpaired) electrons. The van der Waals surface area contributed by atoms with Gasteiger partial charge in [0, 0.05) is 28.6 Å². The van der Waals surface area contributed by atoms with Crippen LogP contribution in [0, 0.1) is 0 Å². The van der Waals surface area contributed by atoms with E-state index in [2.05, 4.69) is 48.6 Å². The minimum absolute atomic E-state index is 0.0449. The van der Waals surface area contributed by atoms with E-state index in [0.717, 1.165) is 25.1 Å². The first-order valence-corrected chi connectivity index (χ1v) is 6.88. The summed E-state index contributed by atoms with van der Waals surface area (Å²) in [5.74, 6) is 1.07. The van der Waals surface area contributed by atoms with E-state index in [9.17, 15) is 0 Å². The molecule has 98 valence electrons. The number of hydrogen-bond acceptors (Lipinski definition) is 3. The summed E-state index contributed by atoms with van der Waals surface area (Å²) in [5, 5.41) is 7.58. The monoisotopic (exact) mass is 254 g/mol. The Morgan fingerprint density at radius 1 is 1.26 bits per heavy atom. The van der Waals surface area contributed by atoms with E-state index < -0.39 is 0 Å². The van der Waals surface area contributed by atoms with Crippen molar-refractivity contribution < 1.29 is 4.52 Å². The van der Waals surface area contributed by atoms with Crippen LogP contribution in [0.15, 0.2) is 35.0 Å². The van der Waals surface area contributed by atoms with E-state index in [4.69, 9.17) is 4.52 Å². The minimum Gasteiger partial charge on any atom is -0.384 e. The Labute approximate surface area is 113 Å². The van der Waals surface area contributed by atoms with Crippen molar-refractivity contribution in [2.45, 2.75) is 37.5 Å². The molecule has 0 bridgehead atoms. The molecular weight excluding hydrogens is 236 g/mol. The molecule has 4 rings (SSSR count). The summed E-state index contributed by atoms with van der Waals surface area (Å²) in [6.07, 6.45) is 4.03. The minimum atomic E-state index is 0.0449. The quantitative estimate of drug-likeness (QED) is 0.784. The van der Waals surface area contributed by atoms with Crippen molar-refractivity contribution in [3.63, 3.8) is 0 Å². The third-order valence-electron chi connectivity index (χ3n) is 4.68. The van der Waals surface area contributed by atoms with Gasteiger partial charge in [0.1, 0.15) is 5.76 Å². The molecule has 3 nitrogen and oxygen atoms in total. The van der Waals surface area contributed by atoms with Crippen LogP contribution in [-0.2, 0) is 17.3 Å². The number of para-hydroxylation sites is 1. The predicted molar refractivity (Wildman–Crippen MR) is 74.5 cm³/mol. The molecule has 19 heavy (non-hydrogen) atoms. The van der Waals surface area contributed by atoms with Crippen molar-refractivity contribution >= 4 is 5.69 Å². The summed E-state index contributed by atoms with van der Waals surface area (Å²) in [6.45, 7) is 5.54. The standard InChI is InChI=1S/C16H18N2O/c1-15(2)9-16(7-11-8-18-19-14(11)15)10-17-13-6-4-3-5-12(13)16/h3-6,8,17H,7,9-10H2,1-2H3. The SMILES string of the molecule is CC1(C)CC2(CNc3ccccc32)Cc2cnoc21. The van der Waals surface area contributed by atoms with E-state index in [-0.39, 0.29) is 10.8 Å². The number of fused-ring (bicyclic) bond motifs is 3. The molecule has 0 amide bonds. The molecule has 1 aliphatic heterocycles. The number of rotatable bonds is 0. The molecule has 0 fully saturated rings. The fourth-order valence-electron chi connectivity index (χ4n) is 4.07. The van der Waals surface area contributed by atoms with Crippen LogP contribution < -0.4 is 5.32 Å². The first-order chi connectivity index (χ1) is 9.11. The zero-order valence-electron chi connectivity index (χ0n) is 11.4. The Hall–Kier alpha value is -1.77. The van der Waals surface area contributed by atoms with Crippen molar-refractivity contribution in [2.75, 3.05) is 11.9 Å². The molecule has 0 saturated heterocycles. The molecule has 1 aromatic carbocycles. The summed E-state index contributed by atoms with van der Waals surface area (Å²) >= 11 is 0. The van der Waals surface area contributed by atoms with Crippen LogP contribution in [0.1, 0.15) is 37.2 Å². The maximum absolute atomic E-state index is 5.49. The van der Waals surface area contributed by atoms with E-state index >= 15 is 0 Å². The Morgan fingerprint density at radius 2 is 2.11 bits per heavy atom. The fraction of sp³-hybridized carbons (Fsp3) is 0.438. The van der Waals surface area contributed by atoms with Gasteiger partial charge < -0.3 is 9.84 Å². The summed E-state index contributed by atoms with van der Waals surface area (Å²) < 4.78 is 5.49. The van der Waals surface area contributed by atoms with Gasteiger partial charge >= 0.3 is 0 Å². The van der Waals surface area contributed by atoms with Gasteiger partial charge in [-0.15, -0.1) is 0 Å². The second-order valence-electron chi connectivity index (χ2n) is 6.60. The Balaban J connectivity index is 1.88. The van der Waals surface area contributed by atoms with Crippen molar-refractivity contribution in [3.8, 4) is 0 Å². The van der Waals surface area contributed by atoms with Gasteiger partial charge in [-0.3, -0.25) is 0 Å². The second-order valence-corrected chi connectivity index (χ2v) is 6.60. The summed E-state index contributed by atoms with van der Waals surface area (Å²) in [4.78, 5) is 0. The Kier molecular flexibility index (Phi) is 1.99. The lowest BCUT2D eigenvalue weighted by Gasteiger charge is -2.41. The largest absolute Gasteiger partial charge is 0.384 e. The molecular formula is C16H18N2O. The lowest BCUT2D eigenvalue weighted by molar-refractivity contribution is 0.232. The summed E-state index contributed by atoms with van der Waals surface area (Å²) in [7, 11) is 0. The van der Waals surface area contributed by atoms with Crippen LogP contribution in [0.2, 0.25) is 0 Å². The van der Waals surface area contributed by atoms with Gasteiger partial charge in [0.2, 0.25) is 0 Å². The fourth-order valence-corrected chi connectivity index (χ4v) is 4.07. The smallest absolute Gasteiger partial charge is 0.145 e. The molecule has 3 heteroatoms. The van der Waals surface area contributed by atoms with Crippen LogP contribution in [0.25, 0.3) is 0 Å². The number of nitrogens with one attached hydrogen (secondary N) is 1. The highest BCUT2D eigenvalue weighted by molar-refractivity contribution is 5.61. The summed E-state index contributed by atoms with van der Waals surface area (Å²) in [5.41, 5.74) is 4.25. The molecule has 2 heterocycles. The zero-order valence-corrected chi connectivity index (χ0v) is 11.4. The van der Waals surface area contributed by atoms with Gasteiger partial charge in [-0.05, 0) is 24.5 Å². The number of aromatic nitrogens is 1. The molecule has 2 aromatic rings. The molecule has 0 saturated carbocycles. The maximum Gasteiger partial charge on any atom is 0.145 e. The van der Waals surface area contributed by atoms with Crippen molar-refractivity contribution in [2.24, 2.45) is 0 Å². The number of hydrogen-bond donors (Lipinski definition) is 1. The first-order valence-electron chi connectivity index (χ1n) is 6.88. The molecule has 1 atom stereocenters. The van der Waals surface area contributed by atoms with E-state index in [1.807, 2.05) is 6.20 Å². The molecule has 2 aliphatic rings. The van der Waals surface area contributed by atoms with Gasteiger partial charge in [-0.2, -0.15) is 0 Å². The first kappa shape index (κ1) is 11.1. The van der Waals surface area contributed by atoms with Crippen LogP contribution in [0.5, 0.6) is 0 Å². The number of nitrogens with zero attached hydrogens (tertiary/aromatic N) is 1. The average Bonchev–Trinajstić information content (AvgIpc) is 2.96. The molecule has 1 spiro atoms. The van der Waals surface area contributed by atoms with Gasteiger partial charge in [-0.1, -0.05) is 37.2 Å². The van der Waals surface area contributed by atoms with Crippen LogP contribution in [0.4, 0.5) is 5.69 Å². The number of benzene rings is 1. The van der Waals surface area contributed by atoms with E-state index in [1.165, 1.54) is 16.8 Å². The van der Waals surface area contributed by atoms with Gasteiger partial charge in [0.25, 0.3) is 0 Å². The molecule has 1 unspecified atom stereocenters. The highest BCUT2D eigenvalue weighted by Crippen LogP contribution is 2.51. The van der Waals surface area contributed by atoms with Crippen LogP contribution >= 0.6 is 0 Å². The zero-order chi connectivity index (χ0) is 13.1. The van der Waals surface area contributed by atoms with Crippen LogP contribution in [-0.4, -0.2) is 11.7 Å². The topological polar surface area (TPSA) is 38.1 Å². The van der Waals surface area contributed by atoms with Crippen molar-refractivity contribution in [3.05, 3.63) is 47.3 Å². The predicted octanol–water partition coefficient (Wildman–Crippen LogP) is 3.26. The number of anilines is 1. The molecule has 1 aliphatic carbocycles. The molecule has 1 N–H and O–H groups in total. The third kappa shape index (κ3) is 1.41.